The molecule has 1 atom stereocenters. The first-order valence-electron chi connectivity index (χ1n) is 6.75. The second-order valence-electron chi connectivity index (χ2n) is 4.92. The molecule has 0 aliphatic carbocycles. The van der Waals surface area contributed by atoms with Gasteiger partial charge in [0.15, 0.2) is 0 Å². The van der Waals surface area contributed by atoms with E-state index in [1.54, 1.807) is 6.07 Å². The molecule has 0 saturated carbocycles. The Morgan fingerprint density at radius 2 is 2.00 bits per heavy atom. The summed E-state index contributed by atoms with van der Waals surface area (Å²) in [4.78, 5) is 11.0. The van der Waals surface area contributed by atoms with Gasteiger partial charge in [-0.25, -0.2) is 0 Å². The first kappa shape index (κ1) is 12.7. The maximum atomic E-state index is 11.0. The van der Waals surface area contributed by atoms with E-state index < -0.39 is 0 Å². The molecule has 1 heterocycles. The highest BCUT2D eigenvalue weighted by atomic mass is 16.5. The van der Waals surface area contributed by atoms with Crippen LogP contribution in [-0.4, -0.2) is 5.97 Å². The molecule has 0 amide bonds. The molecule has 1 unspecified atom stereocenters. The number of benzene rings is 2. The Hall–Kier alpha value is -2.29. The van der Waals surface area contributed by atoms with Crippen LogP contribution in [0.4, 0.5) is 0 Å². The van der Waals surface area contributed by atoms with Crippen LogP contribution in [-0.2, 0) is 11.2 Å². The Kier molecular flexibility index (Phi) is 3.42. The predicted octanol–water partition coefficient (Wildman–Crippen LogP) is 3.68. The number of carbonyl (C=O) groups excluding carboxylic acids is 1. The maximum Gasteiger partial charge on any atom is 0.308 e. The highest BCUT2D eigenvalue weighted by Crippen LogP contribution is 2.36. The minimum atomic E-state index is -0.319. The number of carbonyl (C=O) groups is 1. The van der Waals surface area contributed by atoms with Crippen LogP contribution in [0.15, 0.2) is 48.5 Å². The fourth-order valence-electron chi connectivity index (χ4n) is 2.48. The van der Waals surface area contributed by atoms with Gasteiger partial charge in [0.05, 0.1) is 0 Å². The number of fused-ring (bicyclic) bond motifs is 1. The molecule has 0 bridgehead atoms. The fourth-order valence-corrected chi connectivity index (χ4v) is 2.48. The van der Waals surface area contributed by atoms with E-state index in [1.165, 1.54) is 12.5 Å². The van der Waals surface area contributed by atoms with E-state index in [9.17, 15) is 4.79 Å². The molecule has 3 nitrogen and oxygen atoms in total. The Bertz CT molecular complexity index is 619. The first-order chi connectivity index (χ1) is 9.72. The smallest absolute Gasteiger partial charge is 0.308 e. The number of hydrogen-bond donors (Lipinski definition) is 0. The Morgan fingerprint density at radius 1 is 1.20 bits per heavy atom. The van der Waals surface area contributed by atoms with E-state index in [4.69, 9.17) is 9.47 Å². The van der Waals surface area contributed by atoms with E-state index in [1.807, 2.05) is 30.3 Å². The van der Waals surface area contributed by atoms with E-state index in [0.29, 0.717) is 5.75 Å². The quantitative estimate of drug-likeness (QED) is 0.615. The number of aryl methyl sites for hydroxylation is 1. The molecule has 0 radical (unpaired) electrons. The summed E-state index contributed by atoms with van der Waals surface area (Å²) < 4.78 is 11.2. The molecule has 0 aromatic heterocycles. The van der Waals surface area contributed by atoms with Gasteiger partial charge in [-0.05, 0) is 30.0 Å². The van der Waals surface area contributed by atoms with Crippen LogP contribution in [0.3, 0.4) is 0 Å². The van der Waals surface area contributed by atoms with Crippen molar-refractivity contribution in [1.29, 1.82) is 0 Å². The van der Waals surface area contributed by atoms with Gasteiger partial charge in [-0.3, -0.25) is 4.79 Å². The molecule has 2 aromatic carbocycles. The third-order valence-corrected chi connectivity index (χ3v) is 3.42. The van der Waals surface area contributed by atoms with Crippen LogP contribution in [0.1, 0.15) is 30.6 Å². The molecular formula is C17H16O3. The van der Waals surface area contributed by atoms with Gasteiger partial charge in [-0.1, -0.05) is 36.4 Å². The molecule has 3 rings (SSSR count). The van der Waals surface area contributed by atoms with Crippen LogP contribution < -0.4 is 9.47 Å². The molecule has 2 aromatic rings. The van der Waals surface area contributed by atoms with Gasteiger partial charge >= 0.3 is 5.97 Å². The summed E-state index contributed by atoms with van der Waals surface area (Å²) in [5.41, 5.74) is 2.34. The molecule has 3 heteroatoms. The van der Waals surface area contributed by atoms with E-state index in [-0.39, 0.29) is 12.1 Å². The highest BCUT2D eigenvalue weighted by Gasteiger charge is 2.21. The zero-order valence-electron chi connectivity index (χ0n) is 11.3. The van der Waals surface area contributed by atoms with Crippen LogP contribution in [0.5, 0.6) is 11.5 Å². The Balaban J connectivity index is 1.84. The average molecular weight is 268 g/mol. The number of rotatable bonds is 2. The van der Waals surface area contributed by atoms with Crippen molar-refractivity contribution in [2.24, 2.45) is 0 Å². The summed E-state index contributed by atoms with van der Waals surface area (Å²) in [5.74, 6) is 1.02. The van der Waals surface area contributed by atoms with E-state index >= 15 is 0 Å². The zero-order chi connectivity index (χ0) is 13.9. The van der Waals surface area contributed by atoms with E-state index in [0.717, 1.165) is 24.2 Å². The van der Waals surface area contributed by atoms with Gasteiger partial charge < -0.3 is 9.47 Å². The van der Waals surface area contributed by atoms with Crippen LogP contribution in [0.2, 0.25) is 0 Å². The largest absolute Gasteiger partial charge is 0.485 e. The molecule has 20 heavy (non-hydrogen) atoms. The third kappa shape index (κ3) is 2.67. The lowest BCUT2D eigenvalue weighted by Gasteiger charge is -2.26. The van der Waals surface area contributed by atoms with Crippen LogP contribution in [0, 0.1) is 0 Å². The molecule has 1 aliphatic heterocycles. The Morgan fingerprint density at radius 3 is 2.75 bits per heavy atom. The van der Waals surface area contributed by atoms with Crippen molar-refractivity contribution in [3.8, 4) is 11.5 Å². The molecule has 1 aliphatic rings. The van der Waals surface area contributed by atoms with Gasteiger partial charge in [-0.15, -0.1) is 0 Å². The standard InChI is InChI=1S/C17H16O3/c1-12(18)19-15-9-7-14-8-10-16(20-17(14)11-15)13-5-3-2-4-6-13/h2-7,9,11,16H,8,10H2,1H3. The minimum Gasteiger partial charge on any atom is -0.485 e. The van der Waals surface area contributed by atoms with Crippen LogP contribution in [0.25, 0.3) is 0 Å². The van der Waals surface area contributed by atoms with Gasteiger partial charge in [0.1, 0.15) is 17.6 Å². The average Bonchev–Trinajstić information content (AvgIpc) is 2.47. The van der Waals surface area contributed by atoms with Crippen molar-refractivity contribution in [1.82, 2.24) is 0 Å². The molecule has 0 saturated heterocycles. The van der Waals surface area contributed by atoms with Gasteiger partial charge in [0, 0.05) is 13.0 Å². The molecule has 102 valence electrons. The SMILES string of the molecule is CC(=O)Oc1ccc2c(c1)OC(c1ccccc1)CC2. The van der Waals surface area contributed by atoms with Gasteiger partial charge in [0.2, 0.25) is 0 Å². The first-order valence-corrected chi connectivity index (χ1v) is 6.75. The highest BCUT2D eigenvalue weighted by molar-refractivity contribution is 5.69. The topological polar surface area (TPSA) is 35.5 Å². The summed E-state index contributed by atoms with van der Waals surface area (Å²) in [5, 5.41) is 0. The second-order valence-corrected chi connectivity index (χ2v) is 4.92. The third-order valence-electron chi connectivity index (χ3n) is 3.42. The lowest BCUT2D eigenvalue weighted by Crippen LogP contribution is -2.15. The number of ether oxygens (including phenoxy) is 2. The number of hydrogen-bond acceptors (Lipinski definition) is 3. The lowest BCUT2D eigenvalue weighted by atomic mass is 9.97. The minimum absolute atomic E-state index is 0.0660. The monoisotopic (exact) mass is 268 g/mol. The van der Waals surface area contributed by atoms with Crippen molar-refractivity contribution in [2.45, 2.75) is 25.9 Å². The molecule has 0 N–H and O–H groups in total. The summed E-state index contributed by atoms with van der Waals surface area (Å²) in [6.07, 6.45) is 2.00. The van der Waals surface area contributed by atoms with E-state index in [2.05, 4.69) is 12.1 Å². The summed E-state index contributed by atoms with van der Waals surface area (Å²) in [7, 11) is 0. The van der Waals surface area contributed by atoms with Crippen LogP contribution >= 0.6 is 0 Å². The summed E-state index contributed by atoms with van der Waals surface area (Å²) in [6, 6.07) is 15.8. The van der Waals surface area contributed by atoms with Crippen molar-refractivity contribution in [3.05, 3.63) is 59.7 Å². The molecule has 0 spiro atoms. The number of esters is 1. The predicted molar refractivity (Wildman–Crippen MR) is 75.9 cm³/mol. The fraction of sp³-hybridized carbons (Fsp3) is 0.235. The van der Waals surface area contributed by atoms with Gasteiger partial charge in [-0.2, -0.15) is 0 Å². The normalized spacial score (nSPS) is 16.9. The van der Waals surface area contributed by atoms with Crippen molar-refractivity contribution in [3.63, 3.8) is 0 Å². The molecule has 0 fully saturated rings. The zero-order valence-corrected chi connectivity index (χ0v) is 11.3. The van der Waals surface area contributed by atoms with Crippen molar-refractivity contribution >= 4 is 5.97 Å². The lowest BCUT2D eigenvalue weighted by molar-refractivity contribution is -0.131. The Labute approximate surface area is 118 Å². The van der Waals surface area contributed by atoms with Crippen molar-refractivity contribution in [2.75, 3.05) is 0 Å². The van der Waals surface area contributed by atoms with Crippen molar-refractivity contribution < 1.29 is 14.3 Å². The second kappa shape index (κ2) is 5.37. The summed E-state index contributed by atoms with van der Waals surface area (Å²) in [6.45, 7) is 1.40. The molecular weight excluding hydrogens is 252 g/mol. The summed E-state index contributed by atoms with van der Waals surface area (Å²) >= 11 is 0. The van der Waals surface area contributed by atoms with Gasteiger partial charge in [0.25, 0.3) is 0 Å². The maximum absolute atomic E-state index is 11.0.